The fourth-order valence-corrected chi connectivity index (χ4v) is 2.95. The highest BCUT2D eigenvalue weighted by molar-refractivity contribution is 9.10. The molecule has 0 radical (unpaired) electrons. The molecular formula is C17H15BrF3N5O. The van der Waals surface area contributed by atoms with Crippen molar-refractivity contribution >= 4 is 33.3 Å². The average molecular weight is 442 g/mol. The Labute approximate surface area is 160 Å². The van der Waals surface area contributed by atoms with Crippen LogP contribution in [0.3, 0.4) is 0 Å². The second-order valence-corrected chi connectivity index (χ2v) is 6.88. The summed E-state index contributed by atoms with van der Waals surface area (Å²) >= 11 is 3.32. The summed E-state index contributed by atoms with van der Waals surface area (Å²) in [6.45, 7) is 3.31. The van der Waals surface area contributed by atoms with Gasteiger partial charge in [-0.25, -0.2) is 9.50 Å². The van der Waals surface area contributed by atoms with Gasteiger partial charge >= 0.3 is 6.18 Å². The number of anilines is 1. The van der Waals surface area contributed by atoms with Crippen molar-refractivity contribution in [2.75, 3.05) is 5.32 Å². The molecule has 27 heavy (non-hydrogen) atoms. The van der Waals surface area contributed by atoms with Gasteiger partial charge in [0.1, 0.15) is 0 Å². The number of nitrogens with one attached hydrogen (secondary N) is 1. The molecule has 2 aromatic heterocycles. The maximum Gasteiger partial charge on any atom is 0.453 e. The molecule has 0 unspecified atom stereocenters. The first kappa shape index (κ1) is 19.3. The van der Waals surface area contributed by atoms with E-state index in [1.54, 1.807) is 26.0 Å². The van der Waals surface area contributed by atoms with E-state index < -0.39 is 12.0 Å². The van der Waals surface area contributed by atoms with Crippen LogP contribution in [-0.4, -0.2) is 25.5 Å². The minimum Gasteiger partial charge on any atom is -0.326 e. The fourth-order valence-electron chi connectivity index (χ4n) is 2.69. The van der Waals surface area contributed by atoms with Crippen LogP contribution in [0.4, 0.5) is 18.9 Å². The Morgan fingerprint density at radius 3 is 2.48 bits per heavy atom. The summed E-state index contributed by atoms with van der Waals surface area (Å²) in [6.07, 6.45) is -4.16. The third kappa shape index (κ3) is 4.26. The van der Waals surface area contributed by atoms with Crippen molar-refractivity contribution < 1.29 is 18.0 Å². The van der Waals surface area contributed by atoms with Crippen molar-refractivity contribution in [2.45, 2.75) is 32.9 Å². The van der Waals surface area contributed by atoms with Crippen molar-refractivity contribution in [3.05, 3.63) is 51.5 Å². The Hall–Kier alpha value is -2.49. The lowest BCUT2D eigenvalue weighted by Gasteiger charge is -2.10. The molecule has 0 atom stereocenters. The number of halogens is 4. The van der Waals surface area contributed by atoms with Crippen LogP contribution in [-0.2, 0) is 17.4 Å². The number of rotatable bonds is 4. The average Bonchev–Trinajstić information content (AvgIpc) is 3.01. The van der Waals surface area contributed by atoms with Crippen LogP contribution < -0.4 is 5.32 Å². The van der Waals surface area contributed by atoms with Gasteiger partial charge in [0.05, 0.1) is 0 Å². The van der Waals surface area contributed by atoms with Crippen molar-refractivity contribution in [3.8, 4) is 0 Å². The largest absolute Gasteiger partial charge is 0.453 e. The topological polar surface area (TPSA) is 72.2 Å². The standard InChI is InChI=1S/C17H15BrF3N5O/c1-9-13(7-8-14(27)23-12-5-3-11(18)4-6-12)10(2)26-16(22-9)24-15(25-26)17(19,20)21/h3-6H,7-8H2,1-2H3,(H,23,27). The number of carbonyl (C=O) groups excluding carboxylic acids is 1. The second-order valence-electron chi connectivity index (χ2n) is 5.96. The number of alkyl halides is 3. The quantitative estimate of drug-likeness (QED) is 0.661. The first-order valence-corrected chi connectivity index (χ1v) is 8.80. The number of aryl methyl sites for hydroxylation is 2. The first-order chi connectivity index (χ1) is 12.6. The lowest BCUT2D eigenvalue weighted by atomic mass is 10.1. The molecule has 0 aliphatic carbocycles. The smallest absolute Gasteiger partial charge is 0.326 e. The van der Waals surface area contributed by atoms with Gasteiger partial charge in [0.15, 0.2) is 0 Å². The number of amides is 1. The number of aromatic nitrogens is 4. The normalized spacial score (nSPS) is 11.8. The molecule has 0 fully saturated rings. The summed E-state index contributed by atoms with van der Waals surface area (Å²) in [4.78, 5) is 19.7. The van der Waals surface area contributed by atoms with Crippen LogP contribution in [0.15, 0.2) is 28.7 Å². The van der Waals surface area contributed by atoms with Gasteiger partial charge in [0.25, 0.3) is 11.6 Å². The maximum absolute atomic E-state index is 12.8. The molecule has 2 heterocycles. The molecule has 1 amide bonds. The van der Waals surface area contributed by atoms with Gasteiger partial charge in [-0.15, -0.1) is 5.10 Å². The Bertz CT molecular complexity index is 998. The van der Waals surface area contributed by atoms with Crippen LogP contribution in [0.25, 0.3) is 5.78 Å². The Morgan fingerprint density at radius 2 is 1.85 bits per heavy atom. The van der Waals surface area contributed by atoms with E-state index in [1.165, 1.54) is 0 Å². The van der Waals surface area contributed by atoms with Crippen molar-refractivity contribution in [2.24, 2.45) is 0 Å². The summed E-state index contributed by atoms with van der Waals surface area (Å²) in [5.41, 5.74) is 2.35. The van der Waals surface area contributed by atoms with Gasteiger partial charge in [0, 0.05) is 28.0 Å². The minimum atomic E-state index is -4.64. The Kier molecular flexibility index (Phi) is 5.18. The minimum absolute atomic E-state index is 0.111. The molecule has 0 bridgehead atoms. The SMILES string of the molecule is Cc1nc2nc(C(F)(F)F)nn2c(C)c1CCC(=O)Nc1ccc(Br)cc1. The van der Waals surface area contributed by atoms with E-state index in [2.05, 4.69) is 36.3 Å². The fraction of sp³-hybridized carbons (Fsp3) is 0.294. The lowest BCUT2D eigenvalue weighted by Crippen LogP contribution is -2.14. The molecule has 3 rings (SSSR count). The van der Waals surface area contributed by atoms with Crippen LogP contribution in [0.2, 0.25) is 0 Å². The lowest BCUT2D eigenvalue weighted by molar-refractivity contribution is -0.144. The third-order valence-corrected chi connectivity index (χ3v) is 4.56. The summed E-state index contributed by atoms with van der Waals surface area (Å²) in [5.74, 6) is -1.55. The molecule has 0 saturated carbocycles. The number of hydrogen-bond donors (Lipinski definition) is 1. The van der Waals surface area contributed by atoms with Crippen molar-refractivity contribution in [1.82, 2.24) is 19.6 Å². The van der Waals surface area contributed by atoms with Crippen LogP contribution in [0.5, 0.6) is 0 Å². The number of hydrogen-bond acceptors (Lipinski definition) is 4. The van der Waals surface area contributed by atoms with Gasteiger partial charge in [-0.1, -0.05) is 15.9 Å². The van der Waals surface area contributed by atoms with E-state index in [4.69, 9.17) is 0 Å². The zero-order valence-corrected chi connectivity index (χ0v) is 16.0. The summed E-state index contributed by atoms with van der Waals surface area (Å²) in [7, 11) is 0. The zero-order valence-electron chi connectivity index (χ0n) is 14.4. The first-order valence-electron chi connectivity index (χ1n) is 8.00. The van der Waals surface area contributed by atoms with Crippen molar-refractivity contribution in [1.29, 1.82) is 0 Å². The molecular weight excluding hydrogens is 427 g/mol. The Balaban J connectivity index is 1.78. The van der Waals surface area contributed by atoms with E-state index in [0.717, 1.165) is 8.99 Å². The zero-order chi connectivity index (χ0) is 19.8. The molecule has 0 spiro atoms. The van der Waals surface area contributed by atoms with Gasteiger partial charge in [0.2, 0.25) is 5.91 Å². The maximum atomic E-state index is 12.8. The molecule has 142 valence electrons. The number of fused-ring (bicyclic) bond motifs is 1. The van der Waals surface area contributed by atoms with Gasteiger partial charge in [-0.3, -0.25) is 4.79 Å². The molecule has 10 heteroatoms. The van der Waals surface area contributed by atoms with Crippen LogP contribution in [0, 0.1) is 13.8 Å². The molecule has 6 nitrogen and oxygen atoms in total. The van der Waals surface area contributed by atoms with E-state index in [0.29, 0.717) is 29.1 Å². The van der Waals surface area contributed by atoms with E-state index in [-0.39, 0.29) is 18.1 Å². The predicted octanol–water partition coefficient (Wildman–Crippen LogP) is 4.09. The second kappa shape index (κ2) is 7.26. The molecule has 0 aliphatic rings. The highest BCUT2D eigenvalue weighted by Crippen LogP contribution is 2.27. The Morgan fingerprint density at radius 1 is 1.19 bits per heavy atom. The summed E-state index contributed by atoms with van der Waals surface area (Å²) in [6, 6.07) is 7.15. The molecule has 1 N–H and O–H groups in total. The van der Waals surface area contributed by atoms with Crippen LogP contribution >= 0.6 is 15.9 Å². The molecule has 1 aromatic carbocycles. The molecule has 0 aliphatic heterocycles. The molecule has 0 saturated heterocycles. The predicted molar refractivity (Wildman–Crippen MR) is 96.4 cm³/mol. The van der Waals surface area contributed by atoms with E-state index >= 15 is 0 Å². The number of carbonyl (C=O) groups is 1. The monoisotopic (exact) mass is 441 g/mol. The van der Waals surface area contributed by atoms with Gasteiger partial charge in [-0.05, 0) is 50.1 Å². The highest BCUT2D eigenvalue weighted by Gasteiger charge is 2.36. The molecule has 3 aromatic rings. The highest BCUT2D eigenvalue weighted by atomic mass is 79.9. The summed E-state index contributed by atoms with van der Waals surface area (Å²) in [5, 5.41) is 6.28. The number of nitrogens with zero attached hydrogens (tertiary/aromatic N) is 4. The van der Waals surface area contributed by atoms with Crippen molar-refractivity contribution in [3.63, 3.8) is 0 Å². The van der Waals surface area contributed by atoms with Crippen LogP contribution in [0.1, 0.15) is 29.2 Å². The van der Waals surface area contributed by atoms with E-state index in [1.807, 2.05) is 12.1 Å². The third-order valence-electron chi connectivity index (χ3n) is 4.03. The summed E-state index contributed by atoms with van der Waals surface area (Å²) < 4.78 is 40.4. The number of benzene rings is 1. The van der Waals surface area contributed by atoms with Gasteiger partial charge < -0.3 is 5.32 Å². The van der Waals surface area contributed by atoms with Gasteiger partial charge in [-0.2, -0.15) is 18.2 Å². The van der Waals surface area contributed by atoms with E-state index in [9.17, 15) is 18.0 Å².